The molecule has 0 saturated carbocycles. The quantitative estimate of drug-likeness (QED) is 0.916. The van der Waals surface area contributed by atoms with Gasteiger partial charge in [0.2, 0.25) is 5.91 Å². The fourth-order valence-corrected chi connectivity index (χ4v) is 1.61. The van der Waals surface area contributed by atoms with Gasteiger partial charge in [0, 0.05) is 18.0 Å². The second-order valence-corrected chi connectivity index (χ2v) is 4.14. The van der Waals surface area contributed by atoms with E-state index in [0.29, 0.717) is 5.69 Å². The first-order chi connectivity index (χ1) is 10.2. The van der Waals surface area contributed by atoms with Gasteiger partial charge in [-0.3, -0.25) is 9.78 Å². The van der Waals surface area contributed by atoms with Gasteiger partial charge in [-0.05, 0) is 24.3 Å². The van der Waals surface area contributed by atoms with E-state index in [1.807, 2.05) is 6.07 Å². The Hall–Kier alpha value is -2.94. The lowest BCUT2D eigenvalue weighted by Crippen LogP contribution is -2.10. The molecule has 5 nitrogen and oxygen atoms in total. The van der Waals surface area contributed by atoms with E-state index in [-0.39, 0.29) is 24.5 Å². The first-order valence-corrected chi connectivity index (χ1v) is 6.18. The van der Waals surface area contributed by atoms with E-state index in [1.54, 1.807) is 24.4 Å². The molecule has 1 amide bonds. The third-order valence-electron chi connectivity index (χ3n) is 2.56. The Morgan fingerprint density at radius 1 is 1.38 bits per heavy atom. The van der Waals surface area contributed by atoms with Crippen molar-refractivity contribution in [1.82, 2.24) is 4.98 Å². The number of halogens is 1. The molecule has 2 rings (SSSR count). The van der Waals surface area contributed by atoms with Gasteiger partial charge in [-0.1, -0.05) is 6.07 Å². The second-order valence-electron chi connectivity index (χ2n) is 4.14. The molecule has 1 N–H and O–H groups in total. The summed E-state index contributed by atoms with van der Waals surface area (Å²) in [6, 6.07) is 11.1. The van der Waals surface area contributed by atoms with E-state index >= 15 is 0 Å². The number of amides is 1. The lowest BCUT2D eigenvalue weighted by atomic mass is 10.2. The van der Waals surface area contributed by atoms with Crippen molar-refractivity contribution >= 4 is 11.6 Å². The summed E-state index contributed by atoms with van der Waals surface area (Å²) in [4.78, 5) is 15.3. The molecule has 0 aliphatic carbocycles. The molecule has 0 aliphatic heterocycles. The molecule has 1 aromatic carbocycles. The average Bonchev–Trinajstić information content (AvgIpc) is 2.48. The predicted octanol–water partition coefficient (Wildman–Crippen LogP) is 2.65. The van der Waals surface area contributed by atoms with Crippen LogP contribution in [0.25, 0.3) is 0 Å². The van der Waals surface area contributed by atoms with Crippen LogP contribution in [0.15, 0.2) is 42.6 Å². The molecular weight excluding hydrogens is 273 g/mol. The molecule has 0 bridgehead atoms. The number of carbonyl (C=O) groups excluding carboxylic acids is 1. The number of benzene rings is 1. The molecule has 6 heteroatoms. The van der Waals surface area contributed by atoms with E-state index in [1.165, 1.54) is 12.1 Å². The van der Waals surface area contributed by atoms with E-state index < -0.39 is 11.7 Å². The van der Waals surface area contributed by atoms with Crippen LogP contribution in [-0.2, 0) is 11.4 Å². The molecule has 1 heterocycles. The summed E-state index contributed by atoms with van der Waals surface area (Å²) in [6.45, 7) is 0.151. The third-order valence-corrected chi connectivity index (χ3v) is 2.56. The van der Waals surface area contributed by atoms with Crippen molar-refractivity contribution in [2.24, 2.45) is 0 Å². The minimum Gasteiger partial charge on any atom is -0.484 e. The maximum Gasteiger partial charge on any atom is 0.238 e. The second kappa shape index (κ2) is 7.01. The van der Waals surface area contributed by atoms with Crippen LogP contribution in [0.2, 0.25) is 0 Å². The number of pyridine rings is 1. The van der Waals surface area contributed by atoms with Crippen molar-refractivity contribution in [2.75, 3.05) is 5.32 Å². The Balaban J connectivity index is 1.99. The highest BCUT2D eigenvalue weighted by atomic mass is 19.1. The molecular formula is C15H12FN3O2. The Labute approximate surface area is 121 Å². The lowest BCUT2D eigenvalue weighted by molar-refractivity contribution is -0.115. The standard InChI is InChI=1S/C15H12FN3O2/c16-13-9-11(19-15(20)6-7-17)4-5-14(13)21-10-12-3-1-2-8-18-12/h1-5,8-9H,6,10H2,(H,19,20). The SMILES string of the molecule is N#CCC(=O)Nc1ccc(OCc2ccccn2)c(F)c1. The molecule has 1 aromatic heterocycles. The van der Waals surface area contributed by atoms with Crippen molar-refractivity contribution in [3.8, 4) is 11.8 Å². The Kier molecular flexibility index (Phi) is 4.83. The van der Waals surface area contributed by atoms with Gasteiger partial charge in [0.1, 0.15) is 13.0 Å². The molecule has 0 unspecified atom stereocenters. The lowest BCUT2D eigenvalue weighted by Gasteiger charge is -2.09. The van der Waals surface area contributed by atoms with Crippen LogP contribution >= 0.6 is 0 Å². The van der Waals surface area contributed by atoms with Crippen molar-refractivity contribution in [3.05, 3.63) is 54.1 Å². The molecule has 0 spiro atoms. The van der Waals surface area contributed by atoms with Crippen molar-refractivity contribution in [3.63, 3.8) is 0 Å². The smallest absolute Gasteiger partial charge is 0.238 e. The summed E-state index contributed by atoms with van der Waals surface area (Å²) in [7, 11) is 0. The van der Waals surface area contributed by atoms with Crippen molar-refractivity contribution in [2.45, 2.75) is 13.0 Å². The van der Waals surface area contributed by atoms with Gasteiger partial charge in [0.15, 0.2) is 11.6 Å². The number of rotatable bonds is 5. The Morgan fingerprint density at radius 3 is 2.90 bits per heavy atom. The van der Waals surface area contributed by atoms with E-state index in [9.17, 15) is 9.18 Å². The molecule has 21 heavy (non-hydrogen) atoms. The van der Waals surface area contributed by atoms with Gasteiger partial charge < -0.3 is 10.1 Å². The monoisotopic (exact) mass is 285 g/mol. The first-order valence-electron chi connectivity index (χ1n) is 6.18. The molecule has 0 fully saturated rings. The summed E-state index contributed by atoms with van der Waals surface area (Å²) < 4.78 is 19.2. The molecule has 0 radical (unpaired) electrons. The number of hydrogen-bond acceptors (Lipinski definition) is 4. The summed E-state index contributed by atoms with van der Waals surface area (Å²) >= 11 is 0. The van der Waals surface area contributed by atoms with Crippen molar-refractivity contribution in [1.29, 1.82) is 5.26 Å². The van der Waals surface area contributed by atoms with Crippen LogP contribution in [0.4, 0.5) is 10.1 Å². The number of aromatic nitrogens is 1. The first kappa shape index (κ1) is 14.5. The summed E-state index contributed by atoms with van der Waals surface area (Å²) in [5.41, 5.74) is 0.959. The van der Waals surface area contributed by atoms with Crippen LogP contribution in [-0.4, -0.2) is 10.9 Å². The number of hydrogen-bond donors (Lipinski definition) is 1. The van der Waals surface area contributed by atoms with Gasteiger partial charge in [-0.15, -0.1) is 0 Å². The molecule has 106 valence electrons. The maximum atomic E-state index is 13.8. The highest BCUT2D eigenvalue weighted by molar-refractivity contribution is 5.92. The number of carbonyl (C=O) groups is 1. The number of ether oxygens (including phenoxy) is 1. The maximum absolute atomic E-state index is 13.8. The third kappa shape index (κ3) is 4.28. The van der Waals surface area contributed by atoms with Gasteiger partial charge in [-0.25, -0.2) is 4.39 Å². The Morgan fingerprint density at radius 2 is 2.24 bits per heavy atom. The average molecular weight is 285 g/mol. The zero-order valence-corrected chi connectivity index (χ0v) is 11.0. The van der Waals surface area contributed by atoms with E-state index in [4.69, 9.17) is 10.00 Å². The zero-order chi connectivity index (χ0) is 15.1. The van der Waals surface area contributed by atoms with Crippen LogP contribution in [0.3, 0.4) is 0 Å². The van der Waals surface area contributed by atoms with Gasteiger partial charge in [0.25, 0.3) is 0 Å². The normalized spacial score (nSPS) is 9.71. The van der Waals surface area contributed by atoms with Gasteiger partial charge in [-0.2, -0.15) is 5.26 Å². The number of nitriles is 1. The van der Waals surface area contributed by atoms with Crippen LogP contribution < -0.4 is 10.1 Å². The molecule has 0 aliphatic rings. The number of nitrogens with one attached hydrogen (secondary N) is 1. The van der Waals surface area contributed by atoms with Crippen LogP contribution in [0, 0.1) is 17.1 Å². The summed E-state index contributed by atoms with van der Waals surface area (Å²) in [5, 5.41) is 10.8. The summed E-state index contributed by atoms with van der Waals surface area (Å²) in [6.07, 6.45) is 1.35. The van der Waals surface area contributed by atoms with E-state index in [2.05, 4.69) is 10.3 Å². The number of nitrogens with zero attached hydrogens (tertiary/aromatic N) is 2. The fourth-order valence-electron chi connectivity index (χ4n) is 1.61. The topological polar surface area (TPSA) is 75.0 Å². The van der Waals surface area contributed by atoms with Gasteiger partial charge >= 0.3 is 0 Å². The van der Waals surface area contributed by atoms with Gasteiger partial charge in [0.05, 0.1) is 11.8 Å². The molecule has 0 saturated heterocycles. The van der Waals surface area contributed by atoms with Crippen molar-refractivity contribution < 1.29 is 13.9 Å². The van der Waals surface area contributed by atoms with E-state index in [0.717, 1.165) is 6.07 Å². The fraction of sp³-hybridized carbons (Fsp3) is 0.133. The minimum atomic E-state index is -0.597. The minimum absolute atomic E-state index is 0.0685. The summed E-state index contributed by atoms with van der Waals surface area (Å²) in [5.74, 6) is -1.02. The van der Waals surface area contributed by atoms with Crippen LogP contribution in [0.1, 0.15) is 12.1 Å². The van der Waals surface area contributed by atoms with Crippen LogP contribution in [0.5, 0.6) is 5.75 Å². The number of anilines is 1. The zero-order valence-electron chi connectivity index (χ0n) is 11.0. The predicted molar refractivity (Wildman–Crippen MR) is 73.8 cm³/mol. The molecule has 2 aromatic rings. The molecule has 0 atom stereocenters. The highest BCUT2D eigenvalue weighted by Crippen LogP contribution is 2.22. The largest absolute Gasteiger partial charge is 0.484 e. The highest BCUT2D eigenvalue weighted by Gasteiger charge is 2.07. The Bertz CT molecular complexity index is 668.